The predicted molar refractivity (Wildman–Crippen MR) is 106 cm³/mol. The van der Waals surface area contributed by atoms with Gasteiger partial charge in [-0.1, -0.05) is 25.5 Å². The predicted octanol–water partition coefficient (Wildman–Crippen LogP) is 1.88. The summed E-state index contributed by atoms with van der Waals surface area (Å²) in [6, 6.07) is 12.3. The molecule has 0 aliphatic rings. The van der Waals surface area contributed by atoms with Gasteiger partial charge in [0, 0.05) is 22.5 Å². The molecule has 0 atom stereocenters. The lowest BCUT2D eigenvalue weighted by atomic mass is 10.0. The molecule has 8 heteroatoms. The molecule has 2 rings (SSSR count). The molecule has 0 aliphatic heterocycles. The van der Waals surface area contributed by atoms with Crippen molar-refractivity contribution in [1.29, 1.82) is 0 Å². The van der Waals surface area contributed by atoms with E-state index in [2.05, 4.69) is 10.6 Å². The van der Waals surface area contributed by atoms with Crippen molar-refractivity contribution < 1.29 is 19.2 Å². The van der Waals surface area contributed by atoms with Crippen LogP contribution in [-0.2, 0) is 9.59 Å². The van der Waals surface area contributed by atoms with Crippen LogP contribution < -0.4 is 22.1 Å². The minimum atomic E-state index is -0.959. The topological polar surface area (TPSA) is 144 Å². The molecule has 0 heterocycles. The van der Waals surface area contributed by atoms with Gasteiger partial charge >= 0.3 is 0 Å². The fourth-order valence-electron chi connectivity index (χ4n) is 2.63. The number of rotatable bonds is 8. The molecule has 146 valence electrons. The number of carbonyl (C=O) groups is 4. The van der Waals surface area contributed by atoms with E-state index in [0.29, 0.717) is 24.2 Å². The van der Waals surface area contributed by atoms with Gasteiger partial charge in [0.05, 0.1) is 0 Å². The number of primary amides is 2. The largest absolute Gasteiger partial charge is 0.366 e. The molecular formula is C20H22N4O4. The summed E-state index contributed by atoms with van der Waals surface area (Å²) in [5.41, 5.74) is 11.7. The number of hydrogen-bond acceptors (Lipinski definition) is 4. The van der Waals surface area contributed by atoms with E-state index in [-0.39, 0.29) is 11.1 Å². The van der Waals surface area contributed by atoms with Gasteiger partial charge in [-0.3, -0.25) is 19.2 Å². The third-order valence-electron chi connectivity index (χ3n) is 4.04. The minimum Gasteiger partial charge on any atom is -0.366 e. The number of nitrogens with one attached hydrogen (secondary N) is 2. The van der Waals surface area contributed by atoms with Gasteiger partial charge in [-0.25, -0.2) is 0 Å². The second kappa shape index (κ2) is 9.31. The smallest absolute Gasteiger partial charge is 0.248 e. The average molecular weight is 382 g/mol. The molecule has 0 aliphatic carbocycles. The summed E-state index contributed by atoms with van der Waals surface area (Å²) in [5, 5.41) is 5.27. The molecule has 6 N–H and O–H groups in total. The number of hydrogen-bond donors (Lipinski definition) is 4. The summed E-state index contributed by atoms with van der Waals surface area (Å²) in [6.45, 7) is 1.86. The number of amides is 4. The van der Waals surface area contributed by atoms with Crippen molar-refractivity contribution in [3.05, 3.63) is 59.7 Å². The van der Waals surface area contributed by atoms with Crippen LogP contribution in [0.15, 0.2) is 48.5 Å². The van der Waals surface area contributed by atoms with Crippen LogP contribution in [0.25, 0.3) is 0 Å². The van der Waals surface area contributed by atoms with Crippen molar-refractivity contribution in [2.45, 2.75) is 19.8 Å². The third-order valence-corrected chi connectivity index (χ3v) is 4.04. The Morgan fingerprint density at radius 3 is 1.61 bits per heavy atom. The Morgan fingerprint density at radius 1 is 0.821 bits per heavy atom. The quantitative estimate of drug-likeness (QED) is 0.517. The molecule has 0 aromatic heterocycles. The van der Waals surface area contributed by atoms with E-state index in [1.165, 1.54) is 24.3 Å². The van der Waals surface area contributed by atoms with Crippen molar-refractivity contribution >= 4 is 35.0 Å². The summed E-state index contributed by atoms with van der Waals surface area (Å²) in [6.07, 6.45) is 0.927. The molecule has 0 unspecified atom stereocenters. The minimum absolute atomic E-state index is 0.248. The normalized spacial score (nSPS) is 10.4. The van der Waals surface area contributed by atoms with Gasteiger partial charge in [0.25, 0.3) is 0 Å². The zero-order valence-electron chi connectivity index (χ0n) is 15.4. The van der Waals surface area contributed by atoms with Crippen LogP contribution >= 0.6 is 0 Å². The molecule has 0 spiro atoms. The number of nitrogens with two attached hydrogens (primary N) is 2. The summed E-state index contributed by atoms with van der Waals surface area (Å²) in [4.78, 5) is 47.8. The van der Waals surface area contributed by atoms with Gasteiger partial charge in [-0.05, 0) is 42.8 Å². The van der Waals surface area contributed by atoms with Crippen LogP contribution in [0.1, 0.15) is 40.5 Å². The molecular weight excluding hydrogens is 360 g/mol. The Bertz CT molecular complexity index is 839. The summed E-state index contributed by atoms with van der Waals surface area (Å²) in [5.74, 6) is -3.21. The molecule has 4 amide bonds. The first kappa shape index (κ1) is 20.6. The maximum absolute atomic E-state index is 12.6. The van der Waals surface area contributed by atoms with Crippen LogP contribution in [0.3, 0.4) is 0 Å². The lowest BCUT2D eigenvalue weighted by molar-refractivity contribution is -0.129. The van der Waals surface area contributed by atoms with E-state index in [1.807, 2.05) is 6.92 Å². The molecule has 8 nitrogen and oxygen atoms in total. The van der Waals surface area contributed by atoms with Crippen molar-refractivity contribution in [1.82, 2.24) is 0 Å². The second-order valence-electron chi connectivity index (χ2n) is 6.21. The van der Waals surface area contributed by atoms with Crippen molar-refractivity contribution in [3.63, 3.8) is 0 Å². The molecule has 28 heavy (non-hydrogen) atoms. The molecule has 0 saturated carbocycles. The van der Waals surface area contributed by atoms with Crippen LogP contribution in [0, 0.1) is 5.92 Å². The fourth-order valence-corrected chi connectivity index (χ4v) is 2.63. The van der Waals surface area contributed by atoms with Crippen LogP contribution in [0.4, 0.5) is 11.4 Å². The first-order valence-corrected chi connectivity index (χ1v) is 8.73. The highest BCUT2D eigenvalue weighted by Gasteiger charge is 2.26. The summed E-state index contributed by atoms with van der Waals surface area (Å²) < 4.78 is 0. The van der Waals surface area contributed by atoms with Gasteiger partial charge in [-0.15, -0.1) is 0 Å². The van der Waals surface area contributed by atoms with Gasteiger partial charge in [0.15, 0.2) is 0 Å². The van der Waals surface area contributed by atoms with E-state index >= 15 is 0 Å². The van der Waals surface area contributed by atoms with E-state index in [0.717, 1.165) is 0 Å². The van der Waals surface area contributed by atoms with E-state index < -0.39 is 29.5 Å². The first-order valence-electron chi connectivity index (χ1n) is 8.73. The average Bonchev–Trinajstić information content (AvgIpc) is 2.66. The van der Waals surface area contributed by atoms with Crippen molar-refractivity contribution in [2.75, 3.05) is 10.6 Å². The molecule has 0 radical (unpaired) electrons. The Kier molecular flexibility index (Phi) is 6.86. The van der Waals surface area contributed by atoms with Crippen LogP contribution in [-0.4, -0.2) is 23.6 Å². The van der Waals surface area contributed by atoms with Crippen molar-refractivity contribution in [2.24, 2.45) is 17.4 Å². The number of carbonyl (C=O) groups excluding carboxylic acids is 4. The molecule has 0 fully saturated rings. The molecule has 2 aromatic carbocycles. The summed E-state index contributed by atoms with van der Waals surface area (Å²) >= 11 is 0. The lowest BCUT2D eigenvalue weighted by Crippen LogP contribution is -2.34. The second-order valence-corrected chi connectivity index (χ2v) is 6.21. The van der Waals surface area contributed by atoms with E-state index in [1.54, 1.807) is 24.3 Å². The standard InChI is InChI=1S/C20H22N4O4/c1-2-5-16(19(27)23-14-8-3-6-12(10-14)17(21)25)20(28)24-15-9-4-7-13(11-15)18(22)26/h3-4,6-11,16H,2,5H2,1H3,(H2,21,25)(H2,22,26)(H,23,27)(H,24,28). The summed E-state index contributed by atoms with van der Waals surface area (Å²) in [7, 11) is 0. The van der Waals surface area contributed by atoms with E-state index in [4.69, 9.17) is 11.5 Å². The van der Waals surface area contributed by atoms with E-state index in [9.17, 15) is 19.2 Å². The van der Waals surface area contributed by atoms with Crippen molar-refractivity contribution in [3.8, 4) is 0 Å². The zero-order chi connectivity index (χ0) is 20.7. The first-order chi connectivity index (χ1) is 13.3. The number of anilines is 2. The van der Waals surface area contributed by atoms with Gasteiger partial charge in [0.2, 0.25) is 23.6 Å². The Balaban J connectivity index is 2.14. The SMILES string of the molecule is CCCC(C(=O)Nc1cccc(C(N)=O)c1)C(=O)Nc1cccc(C(N)=O)c1. The Morgan fingerprint density at radius 2 is 1.25 bits per heavy atom. The lowest BCUT2D eigenvalue weighted by Gasteiger charge is -2.16. The maximum atomic E-state index is 12.6. The maximum Gasteiger partial charge on any atom is 0.248 e. The third kappa shape index (κ3) is 5.41. The Labute approximate surface area is 162 Å². The Hall–Kier alpha value is -3.68. The zero-order valence-corrected chi connectivity index (χ0v) is 15.4. The molecule has 0 bridgehead atoms. The molecule has 2 aromatic rings. The highest BCUT2D eigenvalue weighted by Crippen LogP contribution is 2.17. The highest BCUT2D eigenvalue weighted by atomic mass is 16.2. The highest BCUT2D eigenvalue weighted by molar-refractivity contribution is 6.11. The van der Waals surface area contributed by atoms with Gasteiger partial charge in [-0.2, -0.15) is 0 Å². The number of benzene rings is 2. The van der Waals surface area contributed by atoms with Crippen LogP contribution in [0.5, 0.6) is 0 Å². The fraction of sp³-hybridized carbons (Fsp3) is 0.200. The monoisotopic (exact) mass is 382 g/mol. The van der Waals surface area contributed by atoms with Gasteiger partial charge in [0.1, 0.15) is 5.92 Å². The van der Waals surface area contributed by atoms with Crippen LogP contribution in [0.2, 0.25) is 0 Å². The molecule has 0 saturated heterocycles. The van der Waals surface area contributed by atoms with Gasteiger partial charge < -0.3 is 22.1 Å².